The van der Waals surface area contributed by atoms with E-state index in [0.29, 0.717) is 16.9 Å². The predicted octanol–water partition coefficient (Wildman–Crippen LogP) is 1.70. The Morgan fingerprint density at radius 3 is 2.95 bits per heavy atom. The summed E-state index contributed by atoms with van der Waals surface area (Å²) in [6, 6.07) is 1.94. The van der Waals surface area contributed by atoms with Crippen LogP contribution in [0.1, 0.15) is 23.0 Å². The Balaban J connectivity index is 2.71. The summed E-state index contributed by atoms with van der Waals surface area (Å²) < 4.78 is 4.93. The molecule has 0 aliphatic carbocycles. The third kappa shape index (κ3) is 4.34. The third-order valence-electron chi connectivity index (χ3n) is 2.23. The topological polar surface area (TPSA) is 95.0 Å². The molecule has 0 aromatic carbocycles. The van der Waals surface area contributed by atoms with Gasteiger partial charge in [0.15, 0.2) is 0 Å². The van der Waals surface area contributed by atoms with Crippen molar-refractivity contribution in [2.75, 3.05) is 23.4 Å². The van der Waals surface area contributed by atoms with Gasteiger partial charge in [0.25, 0.3) is 0 Å². The van der Waals surface area contributed by atoms with Crippen LogP contribution >= 0.6 is 11.8 Å². The van der Waals surface area contributed by atoms with E-state index in [1.165, 1.54) is 11.8 Å². The molecule has 0 unspecified atom stereocenters. The summed E-state index contributed by atoms with van der Waals surface area (Å²) in [6.45, 7) is 3.72. The van der Waals surface area contributed by atoms with Crippen molar-refractivity contribution in [3.05, 3.63) is 17.5 Å². The van der Waals surface area contributed by atoms with Gasteiger partial charge in [-0.2, -0.15) is 5.26 Å². The Morgan fingerprint density at radius 2 is 2.32 bits per heavy atom. The fourth-order valence-electron chi connectivity index (χ4n) is 1.47. The fraction of sp³-hybridized carbons (Fsp3) is 0.417. The largest absolute Gasteiger partial charge is 0.462 e. The Kier molecular flexibility index (Phi) is 5.96. The van der Waals surface area contributed by atoms with Crippen molar-refractivity contribution < 1.29 is 14.3 Å². The van der Waals surface area contributed by atoms with Gasteiger partial charge in [-0.05, 0) is 13.8 Å². The molecule has 0 aliphatic heterocycles. The third-order valence-corrected chi connectivity index (χ3v) is 3.03. The van der Waals surface area contributed by atoms with Gasteiger partial charge in [-0.15, -0.1) is 11.8 Å². The lowest BCUT2D eigenvalue weighted by atomic mass is 10.2. The average Bonchev–Trinajstić information content (AvgIpc) is 2.71. The minimum Gasteiger partial charge on any atom is -0.462 e. The van der Waals surface area contributed by atoms with Crippen LogP contribution in [0.25, 0.3) is 0 Å². The first kappa shape index (κ1) is 15.1. The summed E-state index contributed by atoms with van der Waals surface area (Å²) in [5.41, 5.74) is 1.37. The number of H-pyrrole nitrogens is 1. The maximum Gasteiger partial charge on any atom is 0.342 e. The Hall–Kier alpha value is -1.94. The number of ether oxygens (including phenoxy) is 1. The first-order valence-corrected chi connectivity index (χ1v) is 6.85. The summed E-state index contributed by atoms with van der Waals surface area (Å²) >= 11 is 1.21. The molecule has 0 spiro atoms. The van der Waals surface area contributed by atoms with E-state index in [-0.39, 0.29) is 24.0 Å². The number of nitriles is 1. The molecule has 1 heterocycles. The number of carbonyl (C=O) groups is 2. The second-order valence-electron chi connectivity index (χ2n) is 3.62. The van der Waals surface area contributed by atoms with E-state index < -0.39 is 5.97 Å². The molecule has 1 aromatic heterocycles. The van der Waals surface area contributed by atoms with E-state index in [4.69, 9.17) is 10.00 Å². The maximum atomic E-state index is 11.7. The SMILES string of the molecule is CCOC(=O)c1c(NC(=O)CSCC#N)c[nH]c1C. The highest BCUT2D eigenvalue weighted by Crippen LogP contribution is 2.20. The minimum atomic E-state index is -0.471. The highest BCUT2D eigenvalue weighted by Gasteiger charge is 2.18. The summed E-state index contributed by atoms with van der Waals surface area (Å²) in [7, 11) is 0. The summed E-state index contributed by atoms with van der Waals surface area (Å²) in [6.07, 6.45) is 1.55. The standard InChI is InChI=1S/C12H15N3O3S/c1-3-18-12(17)11-8(2)14-6-9(11)15-10(16)7-19-5-4-13/h6,14H,3,5,7H2,1-2H3,(H,15,16). The van der Waals surface area contributed by atoms with Crippen molar-refractivity contribution >= 4 is 29.3 Å². The number of anilines is 1. The van der Waals surface area contributed by atoms with Crippen molar-refractivity contribution in [2.24, 2.45) is 0 Å². The first-order valence-electron chi connectivity index (χ1n) is 5.69. The van der Waals surface area contributed by atoms with Gasteiger partial charge in [-0.1, -0.05) is 0 Å². The van der Waals surface area contributed by atoms with Crippen molar-refractivity contribution in [2.45, 2.75) is 13.8 Å². The molecule has 102 valence electrons. The summed E-state index contributed by atoms with van der Waals surface area (Å²) in [4.78, 5) is 26.2. The van der Waals surface area contributed by atoms with Gasteiger partial charge in [0.05, 0.1) is 29.9 Å². The molecule has 1 aromatic rings. The van der Waals surface area contributed by atoms with Crippen molar-refractivity contribution in [1.29, 1.82) is 5.26 Å². The van der Waals surface area contributed by atoms with Crippen LogP contribution in [0.3, 0.4) is 0 Å². The van der Waals surface area contributed by atoms with Gasteiger partial charge in [0.1, 0.15) is 5.56 Å². The Labute approximate surface area is 115 Å². The number of esters is 1. The van der Waals surface area contributed by atoms with E-state index >= 15 is 0 Å². The van der Waals surface area contributed by atoms with Crippen molar-refractivity contribution in [3.8, 4) is 6.07 Å². The van der Waals surface area contributed by atoms with E-state index in [1.807, 2.05) is 6.07 Å². The number of hydrogen-bond donors (Lipinski definition) is 2. The number of amides is 1. The number of rotatable bonds is 6. The second kappa shape index (κ2) is 7.48. The van der Waals surface area contributed by atoms with Gasteiger partial charge in [0, 0.05) is 11.9 Å². The lowest BCUT2D eigenvalue weighted by molar-refractivity contribution is -0.113. The molecule has 2 N–H and O–H groups in total. The van der Waals surface area contributed by atoms with Crippen LogP contribution in [0.2, 0.25) is 0 Å². The van der Waals surface area contributed by atoms with Gasteiger partial charge >= 0.3 is 5.97 Å². The van der Waals surface area contributed by atoms with Gasteiger partial charge in [-0.25, -0.2) is 4.79 Å². The van der Waals surface area contributed by atoms with E-state index in [2.05, 4.69) is 10.3 Å². The van der Waals surface area contributed by atoms with Crippen LogP contribution in [0, 0.1) is 18.3 Å². The van der Waals surface area contributed by atoms with E-state index in [0.717, 1.165) is 0 Å². The number of nitrogens with zero attached hydrogens (tertiary/aromatic N) is 1. The van der Waals surface area contributed by atoms with Crippen LogP contribution in [-0.4, -0.2) is 35.0 Å². The zero-order chi connectivity index (χ0) is 14.3. The minimum absolute atomic E-state index is 0.167. The Morgan fingerprint density at radius 1 is 1.58 bits per heavy atom. The molecular formula is C12H15N3O3S. The number of aromatic nitrogens is 1. The average molecular weight is 281 g/mol. The number of nitrogens with one attached hydrogen (secondary N) is 2. The maximum absolute atomic E-state index is 11.7. The van der Waals surface area contributed by atoms with Crippen LogP contribution in [0.5, 0.6) is 0 Å². The molecule has 1 amide bonds. The van der Waals surface area contributed by atoms with Gasteiger partial charge in [-0.3, -0.25) is 4.79 Å². The number of carbonyl (C=O) groups excluding carboxylic acids is 2. The molecular weight excluding hydrogens is 266 g/mol. The molecule has 19 heavy (non-hydrogen) atoms. The smallest absolute Gasteiger partial charge is 0.342 e. The highest BCUT2D eigenvalue weighted by atomic mass is 32.2. The zero-order valence-electron chi connectivity index (χ0n) is 10.8. The van der Waals surface area contributed by atoms with Crippen LogP contribution in [0.15, 0.2) is 6.20 Å². The Bertz CT molecular complexity index is 505. The zero-order valence-corrected chi connectivity index (χ0v) is 11.6. The molecule has 0 radical (unpaired) electrons. The van der Waals surface area contributed by atoms with Gasteiger partial charge in [0.2, 0.25) is 5.91 Å². The molecule has 0 atom stereocenters. The normalized spacial score (nSPS) is 9.74. The van der Waals surface area contributed by atoms with Crippen LogP contribution in [0.4, 0.5) is 5.69 Å². The first-order chi connectivity index (χ1) is 9.10. The number of aryl methyl sites for hydroxylation is 1. The number of hydrogen-bond acceptors (Lipinski definition) is 5. The van der Waals surface area contributed by atoms with Crippen LogP contribution < -0.4 is 5.32 Å². The van der Waals surface area contributed by atoms with Crippen molar-refractivity contribution in [1.82, 2.24) is 4.98 Å². The predicted molar refractivity (Wildman–Crippen MR) is 73.1 cm³/mol. The van der Waals surface area contributed by atoms with Crippen molar-refractivity contribution in [3.63, 3.8) is 0 Å². The monoisotopic (exact) mass is 281 g/mol. The molecule has 0 saturated carbocycles. The summed E-state index contributed by atoms with van der Waals surface area (Å²) in [5, 5.41) is 11.0. The molecule has 6 nitrogen and oxygen atoms in total. The van der Waals surface area contributed by atoms with E-state index in [9.17, 15) is 9.59 Å². The molecule has 0 fully saturated rings. The number of aromatic amines is 1. The van der Waals surface area contributed by atoms with Crippen LogP contribution in [-0.2, 0) is 9.53 Å². The molecule has 0 bridgehead atoms. The second-order valence-corrected chi connectivity index (χ2v) is 4.61. The molecule has 0 aliphatic rings. The molecule has 7 heteroatoms. The summed E-state index contributed by atoms with van der Waals surface area (Å²) in [5.74, 6) is -0.310. The van der Waals surface area contributed by atoms with E-state index in [1.54, 1.807) is 20.0 Å². The quantitative estimate of drug-likeness (QED) is 0.611. The highest BCUT2D eigenvalue weighted by molar-refractivity contribution is 8.00. The van der Waals surface area contributed by atoms with Gasteiger partial charge < -0.3 is 15.0 Å². The number of thioether (sulfide) groups is 1. The lowest BCUT2D eigenvalue weighted by Crippen LogP contribution is -2.17. The molecule has 0 saturated heterocycles. The molecule has 1 rings (SSSR count). The lowest BCUT2D eigenvalue weighted by Gasteiger charge is -2.06. The fourth-order valence-corrected chi connectivity index (χ4v) is 1.92.